The molecule has 2 rings (SSSR count). The summed E-state index contributed by atoms with van der Waals surface area (Å²) in [5.74, 6) is -1.84. The Kier molecular flexibility index (Phi) is 5.95. The zero-order valence-electron chi connectivity index (χ0n) is 8.91. The second-order valence-corrected chi connectivity index (χ2v) is 4.77. The second-order valence-electron chi connectivity index (χ2n) is 3.04. The first-order valence-electron chi connectivity index (χ1n) is 4.51. The highest BCUT2D eigenvalue weighted by molar-refractivity contribution is 14.1. The van der Waals surface area contributed by atoms with Gasteiger partial charge in [0.25, 0.3) is 0 Å². The van der Waals surface area contributed by atoms with Gasteiger partial charge in [0.15, 0.2) is 21.9 Å². The molecule has 2 aromatic rings. The van der Waals surface area contributed by atoms with Gasteiger partial charge in [0.2, 0.25) is 0 Å². The average Bonchev–Trinajstić information content (AvgIpc) is 2.33. The minimum atomic E-state index is -0.711. The quantitative estimate of drug-likeness (QED) is 0.503. The average molecular weight is 421 g/mol. The predicted octanol–water partition coefficient (Wildman–Crippen LogP) is 3.76. The van der Waals surface area contributed by atoms with E-state index in [1.807, 2.05) is 0 Å². The number of halogens is 5. The van der Waals surface area contributed by atoms with Crippen molar-refractivity contribution >= 4 is 45.8 Å². The van der Waals surface area contributed by atoms with Crippen molar-refractivity contribution in [3.8, 4) is 11.5 Å². The van der Waals surface area contributed by atoms with E-state index in [0.29, 0.717) is 3.70 Å². The SMILES string of the molecule is Oc1cc(F)c(Cl)nc1I.Oc1cnc(Cl)c(F)c1. The lowest BCUT2D eigenvalue weighted by Crippen LogP contribution is -1.86. The van der Waals surface area contributed by atoms with Crippen LogP contribution in [-0.2, 0) is 0 Å². The van der Waals surface area contributed by atoms with E-state index < -0.39 is 11.6 Å². The third-order valence-corrected chi connectivity index (χ3v) is 2.99. The van der Waals surface area contributed by atoms with Gasteiger partial charge >= 0.3 is 0 Å². The predicted molar refractivity (Wildman–Crippen MR) is 74.5 cm³/mol. The summed E-state index contributed by atoms with van der Waals surface area (Å²) in [5.41, 5.74) is 0. The molecular weight excluding hydrogens is 416 g/mol. The van der Waals surface area contributed by atoms with Crippen LogP contribution in [0.15, 0.2) is 18.3 Å². The largest absolute Gasteiger partial charge is 0.506 e. The van der Waals surface area contributed by atoms with Crippen molar-refractivity contribution in [1.29, 1.82) is 0 Å². The molecular formula is C10H5Cl2F2IN2O2. The molecule has 4 nitrogen and oxygen atoms in total. The van der Waals surface area contributed by atoms with Gasteiger partial charge < -0.3 is 10.2 Å². The van der Waals surface area contributed by atoms with Gasteiger partial charge in [-0.2, -0.15) is 0 Å². The molecule has 0 saturated heterocycles. The van der Waals surface area contributed by atoms with Crippen LogP contribution in [-0.4, -0.2) is 20.2 Å². The number of rotatable bonds is 0. The first-order chi connectivity index (χ1) is 8.81. The molecule has 19 heavy (non-hydrogen) atoms. The van der Waals surface area contributed by atoms with Crippen LogP contribution in [0.25, 0.3) is 0 Å². The van der Waals surface area contributed by atoms with Gasteiger partial charge in [-0.15, -0.1) is 0 Å². The van der Waals surface area contributed by atoms with Crippen LogP contribution < -0.4 is 0 Å². The smallest absolute Gasteiger partial charge is 0.166 e. The Labute approximate surface area is 130 Å². The van der Waals surface area contributed by atoms with Crippen molar-refractivity contribution in [1.82, 2.24) is 9.97 Å². The maximum absolute atomic E-state index is 12.4. The number of pyridine rings is 2. The fourth-order valence-electron chi connectivity index (χ4n) is 0.847. The maximum Gasteiger partial charge on any atom is 0.166 e. The van der Waals surface area contributed by atoms with E-state index in [0.717, 1.165) is 18.3 Å². The summed E-state index contributed by atoms with van der Waals surface area (Å²) in [6.45, 7) is 0. The van der Waals surface area contributed by atoms with Crippen molar-refractivity contribution in [2.45, 2.75) is 0 Å². The molecule has 2 heterocycles. The first kappa shape index (κ1) is 16.1. The minimum absolute atomic E-state index is 0.192. The highest BCUT2D eigenvalue weighted by Gasteiger charge is 2.05. The summed E-state index contributed by atoms with van der Waals surface area (Å²) in [4.78, 5) is 6.82. The lowest BCUT2D eigenvalue weighted by atomic mass is 10.4. The molecule has 2 aromatic heterocycles. The Balaban J connectivity index is 0.000000191. The number of hydrogen-bond donors (Lipinski definition) is 2. The van der Waals surface area contributed by atoms with Gasteiger partial charge in [-0.05, 0) is 22.6 Å². The molecule has 0 aliphatic carbocycles. The molecule has 0 bridgehead atoms. The molecule has 0 fully saturated rings. The van der Waals surface area contributed by atoms with Gasteiger partial charge in [0, 0.05) is 12.1 Å². The van der Waals surface area contributed by atoms with Crippen LogP contribution in [0.4, 0.5) is 8.78 Å². The summed E-state index contributed by atoms with van der Waals surface area (Å²) in [5, 5.41) is 17.0. The molecule has 0 amide bonds. The zero-order valence-corrected chi connectivity index (χ0v) is 12.6. The van der Waals surface area contributed by atoms with Gasteiger partial charge in [0.05, 0.1) is 6.20 Å². The minimum Gasteiger partial charge on any atom is -0.506 e. The molecule has 0 unspecified atom stereocenters. The van der Waals surface area contributed by atoms with Crippen molar-refractivity contribution in [2.75, 3.05) is 0 Å². The molecule has 2 N–H and O–H groups in total. The lowest BCUT2D eigenvalue weighted by Gasteiger charge is -1.96. The molecule has 0 aromatic carbocycles. The maximum atomic E-state index is 12.4. The molecule has 102 valence electrons. The van der Waals surface area contributed by atoms with Gasteiger partial charge in [-0.3, -0.25) is 0 Å². The normalized spacial score (nSPS) is 9.74. The Hall–Kier alpha value is -0.930. The summed E-state index contributed by atoms with van der Waals surface area (Å²) in [6.07, 6.45) is 1.07. The second kappa shape index (κ2) is 7.01. The third-order valence-electron chi connectivity index (χ3n) is 1.65. The number of aromatic nitrogens is 2. The molecule has 9 heteroatoms. The molecule has 0 spiro atoms. The fraction of sp³-hybridized carbons (Fsp3) is 0. The van der Waals surface area contributed by atoms with E-state index in [-0.39, 0.29) is 21.8 Å². The highest BCUT2D eigenvalue weighted by atomic mass is 127. The monoisotopic (exact) mass is 420 g/mol. The van der Waals surface area contributed by atoms with Gasteiger partial charge in [-0.25, -0.2) is 18.7 Å². The lowest BCUT2D eigenvalue weighted by molar-refractivity contribution is 0.460. The van der Waals surface area contributed by atoms with E-state index >= 15 is 0 Å². The number of nitrogens with zero attached hydrogens (tertiary/aromatic N) is 2. The molecule has 0 aliphatic rings. The summed E-state index contributed by atoms with van der Waals surface area (Å²) in [6, 6.07) is 1.83. The van der Waals surface area contributed by atoms with Gasteiger partial charge in [0.1, 0.15) is 15.2 Å². The van der Waals surface area contributed by atoms with Crippen LogP contribution in [0.2, 0.25) is 10.3 Å². The highest BCUT2D eigenvalue weighted by Crippen LogP contribution is 2.22. The number of hydrogen-bond acceptors (Lipinski definition) is 4. The van der Waals surface area contributed by atoms with Crippen molar-refractivity contribution < 1.29 is 19.0 Å². The van der Waals surface area contributed by atoms with Crippen molar-refractivity contribution in [2.24, 2.45) is 0 Å². The Morgan fingerprint density at radius 2 is 1.63 bits per heavy atom. The van der Waals surface area contributed by atoms with E-state index in [1.54, 1.807) is 22.6 Å². The Morgan fingerprint density at radius 3 is 2.11 bits per heavy atom. The topological polar surface area (TPSA) is 66.2 Å². The van der Waals surface area contributed by atoms with Crippen LogP contribution in [0.1, 0.15) is 0 Å². The van der Waals surface area contributed by atoms with Crippen LogP contribution >= 0.6 is 45.8 Å². The standard InChI is InChI=1S/C5H2ClFINO.C5H3ClFNO/c6-4-2(7)1-3(10)5(8)9-4;6-5-4(7)1-3(9)2-8-5/h1,10H;1-2,9H. The van der Waals surface area contributed by atoms with E-state index in [9.17, 15) is 8.78 Å². The molecule has 0 saturated carbocycles. The van der Waals surface area contributed by atoms with Gasteiger partial charge in [-0.1, -0.05) is 23.2 Å². The van der Waals surface area contributed by atoms with Crippen molar-refractivity contribution in [3.63, 3.8) is 0 Å². The van der Waals surface area contributed by atoms with Crippen LogP contribution in [0, 0.1) is 15.3 Å². The van der Waals surface area contributed by atoms with Crippen LogP contribution in [0.5, 0.6) is 11.5 Å². The molecule has 0 aliphatic heterocycles. The van der Waals surface area contributed by atoms with E-state index in [4.69, 9.17) is 33.4 Å². The summed E-state index contributed by atoms with van der Waals surface area (Å²) in [7, 11) is 0. The van der Waals surface area contributed by atoms with Crippen molar-refractivity contribution in [3.05, 3.63) is 44.0 Å². The fourth-order valence-corrected chi connectivity index (χ4v) is 1.63. The summed E-state index contributed by atoms with van der Waals surface area (Å²) < 4.78 is 24.9. The van der Waals surface area contributed by atoms with E-state index in [1.165, 1.54) is 0 Å². The molecule has 0 atom stereocenters. The Bertz CT molecular complexity index is 552. The Morgan fingerprint density at radius 1 is 1.05 bits per heavy atom. The van der Waals surface area contributed by atoms with Crippen LogP contribution in [0.3, 0.4) is 0 Å². The zero-order chi connectivity index (χ0) is 14.6. The number of aromatic hydroxyl groups is 2. The van der Waals surface area contributed by atoms with E-state index in [2.05, 4.69) is 9.97 Å². The molecule has 0 radical (unpaired) electrons. The summed E-state index contributed by atoms with van der Waals surface area (Å²) >= 11 is 12.2. The third kappa shape index (κ3) is 4.92. The first-order valence-corrected chi connectivity index (χ1v) is 6.35.